The van der Waals surface area contributed by atoms with Gasteiger partial charge in [0.05, 0.1) is 0 Å². The molecule has 0 bridgehead atoms. The summed E-state index contributed by atoms with van der Waals surface area (Å²) in [6.45, 7) is 15.7. The van der Waals surface area contributed by atoms with Crippen molar-refractivity contribution in [2.75, 3.05) is 54.4 Å². The van der Waals surface area contributed by atoms with E-state index in [0.29, 0.717) is 74.9 Å². The summed E-state index contributed by atoms with van der Waals surface area (Å²) in [4.78, 5) is 100. The zero-order chi connectivity index (χ0) is 59.5. The molecule has 1 aliphatic carbocycles. The SMILES string of the molecule is C1=CCCCCCC1.CN(CC/C=C1/OC(=O)OC1(C)C)C(=O)/C=C/C(=O)N(C)CC/C=C1/OC(=O)OC1(C)C.CN(CC/C=C1/OC(=O)OC1(C)C)C(=O)C=CCCCCCCC=CC(=O)N(C)CC/C=C1/OC(=O)OC1(C)C. The average Bonchev–Trinajstić information content (AvgIpc) is 3.99. The molecule has 0 aromatic carbocycles. The summed E-state index contributed by atoms with van der Waals surface area (Å²) in [7, 11) is 6.71. The van der Waals surface area contributed by atoms with Gasteiger partial charge in [0.25, 0.3) is 0 Å². The number of hydrogen-bond donors (Lipinski definition) is 0. The van der Waals surface area contributed by atoms with Crippen LogP contribution in [0.1, 0.15) is 158 Å². The van der Waals surface area contributed by atoms with Crippen LogP contribution in [0.2, 0.25) is 0 Å². The molecule has 20 nitrogen and oxygen atoms in total. The third-order valence-electron chi connectivity index (χ3n) is 13.2. The van der Waals surface area contributed by atoms with Crippen molar-refractivity contribution >= 4 is 48.3 Å². The third-order valence-corrected chi connectivity index (χ3v) is 13.2. The molecule has 80 heavy (non-hydrogen) atoms. The van der Waals surface area contributed by atoms with Gasteiger partial charge in [-0.2, -0.15) is 0 Å². The first-order valence-electron chi connectivity index (χ1n) is 27.8. The number of carbonyl (C=O) groups excluding carboxylic acids is 8. The summed E-state index contributed by atoms with van der Waals surface area (Å²) < 4.78 is 40.3. The number of cyclic esters (lactones) is 8. The summed E-state index contributed by atoms with van der Waals surface area (Å²) >= 11 is 0. The van der Waals surface area contributed by atoms with E-state index in [-0.39, 0.29) is 23.6 Å². The fourth-order valence-electron chi connectivity index (χ4n) is 8.13. The molecule has 0 atom stereocenters. The highest BCUT2D eigenvalue weighted by Crippen LogP contribution is 2.33. The quantitative estimate of drug-likeness (QED) is 0.0305. The summed E-state index contributed by atoms with van der Waals surface area (Å²) in [5.74, 6) is 0.986. The molecule has 0 radical (unpaired) electrons. The average molecular weight is 1120 g/mol. The number of likely N-dealkylation sites (N-methyl/N-ethyl adjacent to an activating group) is 4. The Labute approximate surface area is 473 Å². The van der Waals surface area contributed by atoms with Crippen LogP contribution in [0.4, 0.5) is 19.2 Å². The van der Waals surface area contributed by atoms with E-state index in [1.54, 1.807) is 130 Å². The lowest BCUT2D eigenvalue weighted by molar-refractivity contribution is -0.127. The van der Waals surface area contributed by atoms with Gasteiger partial charge >= 0.3 is 24.6 Å². The van der Waals surface area contributed by atoms with Gasteiger partial charge in [-0.05, 0) is 169 Å². The van der Waals surface area contributed by atoms with Gasteiger partial charge in [0.2, 0.25) is 23.6 Å². The minimum Gasteiger partial charge on any atom is -0.420 e. The van der Waals surface area contributed by atoms with Gasteiger partial charge < -0.3 is 57.5 Å². The predicted octanol–water partition coefficient (Wildman–Crippen LogP) is 11.6. The van der Waals surface area contributed by atoms with Gasteiger partial charge in [0.15, 0.2) is 45.4 Å². The Morgan fingerprint density at radius 3 is 0.875 bits per heavy atom. The van der Waals surface area contributed by atoms with Crippen molar-refractivity contribution in [3.05, 3.63) is 95.9 Å². The van der Waals surface area contributed by atoms with Gasteiger partial charge in [0, 0.05) is 66.5 Å². The Morgan fingerprint density at radius 2 is 0.637 bits per heavy atom. The second-order valence-electron chi connectivity index (χ2n) is 21.9. The number of rotatable bonds is 23. The maximum atomic E-state index is 12.3. The van der Waals surface area contributed by atoms with Gasteiger partial charge in [-0.3, -0.25) is 19.2 Å². The van der Waals surface area contributed by atoms with Crippen LogP contribution in [0.5, 0.6) is 0 Å². The lowest BCUT2D eigenvalue weighted by Gasteiger charge is -2.17. The topological polar surface area (TPSA) is 223 Å². The van der Waals surface area contributed by atoms with E-state index in [1.165, 1.54) is 60.5 Å². The number of hydrogen-bond acceptors (Lipinski definition) is 16. The van der Waals surface area contributed by atoms with E-state index < -0.39 is 47.0 Å². The van der Waals surface area contributed by atoms with Gasteiger partial charge in [0.1, 0.15) is 0 Å². The highest BCUT2D eigenvalue weighted by molar-refractivity contribution is 5.96. The van der Waals surface area contributed by atoms with Crippen LogP contribution >= 0.6 is 0 Å². The Bertz CT molecular complexity index is 2240. The standard InChI is InChI=1S/C30H44N2O8.C22H30N2O8.C8H14/c1-29(2)23(37-27(35)39-29)17-15-21-31(5)25(33)19-13-11-9-7-8-10-12-14-20-26(34)32(6)22-16-18-24-30(3,4)40-28(36)38-24;1-21(2)15(29-19(27)31-21)9-7-13-23(5)17(25)11-12-18(26)24(6)14-8-10-16-22(3,4)32-20(28)30-16;1-2-4-6-8-7-5-3-1/h13-14,17-20H,7-12,15-16,21-22H2,1-6H3;9-12H,7-8,13-14H2,1-6H3;1-2H,3-8H2/b19-13?,20-14?,23-17+,24-18+;12-11+,15-9+,16-10+;. The molecule has 4 heterocycles. The zero-order valence-electron chi connectivity index (χ0n) is 49.4. The highest BCUT2D eigenvalue weighted by Gasteiger charge is 2.41. The van der Waals surface area contributed by atoms with E-state index in [4.69, 9.17) is 37.9 Å². The Kier molecular flexibility index (Phi) is 27.6. The lowest BCUT2D eigenvalue weighted by Crippen LogP contribution is -2.28. The number of ether oxygens (including phenoxy) is 8. The number of unbranched alkanes of at least 4 members (excludes halogenated alkanes) is 5. The molecule has 444 valence electrons. The maximum Gasteiger partial charge on any atom is 0.514 e. The minimum absolute atomic E-state index is 0.0615. The van der Waals surface area contributed by atoms with E-state index in [2.05, 4.69) is 12.2 Å². The van der Waals surface area contributed by atoms with Crippen LogP contribution in [0.15, 0.2) is 95.9 Å². The van der Waals surface area contributed by atoms with Gasteiger partial charge in [-0.1, -0.05) is 50.0 Å². The summed E-state index contributed by atoms with van der Waals surface area (Å²) in [5.41, 5.74) is -3.19. The summed E-state index contributed by atoms with van der Waals surface area (Å²) in [5, 5.41) is 0. The van der Waals surface area contributed by atoms with E-state index >= 15 is 0 Å². The number of nitrogens with zero attached hydrogens (tertiary/aromatic N) is 4. The molecule has 4 amide bonds. The van der Waals surface area contributed by atoms with Gasteiger partial charge in [-0.15, -0.1) is 0 Å². The molecule has 0 N–H and O–H groups in total. The first-order valence-corrected chi connectivity index (χ1v) is 27.8. The summed E-state index contributed by atoms with van der Waals surface area (Å²) in [6.07, 6.45) is 34.4. The van der Waals surface area contributed by atoms with Gasteiger partial charge in [-0.25, -0.2) is 19.2 Å². The van der Waals surface area contributed by atoms with Crippen LogP contribution in [0.25, 0.3) is 0 Å². The number of amides is 4. The van der Waals surface area contributed by atoms with E-state index in [9.17, 15) is 38.4 Å². The van der Waals surface area contributed by atoms with Crippen molar-refractivity contribution in [2.24, 2.45) is 0 Å². The monoisotopic (exact) mass is 1120 g/mol. The Balaban J connectivity index is 0.000000374. The molecule has 0 aromatic heterocycles. The highest BCUT2D eigenvalue weighted by atomic mass is 16.8. The van der Waals surface area contributed by atoms with Crippen LogP contribution in [0.3, 0.4) is 0 Å². The molecule has 4 aliphatic heterocycles. The molecule has 5 rings (SSSR count). The molecule has 20 heteroatoms. The molecule has 0 spiro atoms. The first-order chi connectivity index (χ1) is 37.6. The lowest BCUT2D eigenvalue weighted by atomic mass is 10.1. The smallest absolute Gasteiger partial charge is 0.420 e. The summed E-state index contributed by atoms with van der Waals surface area (Å²) in [6, 6.07) is 0. The molecule has 0 saturated carbocycles. The van der Waals surface area contributed by atoms with E-state index in [0.717, 1.165) is 38.5 Å². The third kappa shape index (κ3) is 24.5. The normalized spacial score (nSPS) is 20.6. The van der Waals surface area contributed by atoms with Crippen LogP contribution in [0, 0.1) is 0 Å². The molecule has 4 saturated heterocycles. The van der Waals surface area contributed by atoms with Crippen molar-refractivity contribution in [3.63, 3.8) is 0 Å². The second kappa shape index (κ2) is 32.8. The Hall–Kier alpha value is -7.12. The largest absolute Gasteiger partial charge is 0.514 e. The minimum atomic E-state index is -0.825. The Morgan fingerprint density at radius 1 is 0.388 bits per heavy atom. The number of carbonyl (C=O) groups is 8. The molecular weight excluding hydrogens is 1030 g/mol. The fraction of sp³-hybridized carbons (Fsp3) is 0.600. The van der Waals surface area contributed by atoms with Crippen molar-refractivity contribution < 1.29 is 76.3 Å². The molecule has 5 aliphatic rings. The van der Waals surface area contributed by atoms with Crippen molar-refractivity contribution in [2.45, 2.75) is 181 Å². The molecule has 0 unspecified atom stereocenters. The molecule has 0 aromatic rings. The van der Waals surface area contributed by atoms with Crippen LogP contribution < -0.4 is 0 Å². The zero-order valence-corrected chi connectivity index (χ0v) is 49.4. The molecule has 4 fully saturated rings. The second-order valence-corrected chi connectivity index (χ2v) is 21.9. The van der Waals surface area contributed by atoms with Crippen LogP contribution in [-0.2, 0) is 57.1 Å². The molecular formula is C60H88N4O16. The fourth-order valence-corrected chi connectivity index (χ4v) is 8.13. The number of allylic oxidation sites excluding steroid dienone is 4. The predicted molar refractivity (Wildman–Crippen MR) is 300 cm³/mol. The van der Waals surface area contributed by atoms with Crippen LogP contribution in [-0.4, -0.2) is 145 Å². The van der Waals surface area contributed by atoms with Crippen molar-refractivity contribution in [1.82, 2.24) is 19.6 Å². The maximum absolute atomic E-state index is 12.3. The first kappa shape index (κ1) is 67.2. The van der Waals surface area contributed by atoms with Crippen molar-refractivity contribution in [1.29, 1.82) is 0 Å². The van der Waals surface area contributed by atoms with Crippen molar-refractivity contribution in [3.8, 4) is 0 Å². The van der Waals surface area contributed by atoms with E-state index in [1.807, 2.05) is 12.2 Å².